The van der Waals surface area contributed by atoms with E-state index in [0.29, 0.717) is 12.5 Å². The summed E-state index contributed by atoms with van der Waals surface area (Å²) >= 11 is 0. The quantitative estimate of drug-likeness (QED) is 0.691. The van der Waals surface area contributed by atoms with Gasteiger partial charge in [-0.15, -0.1) is 0 Å². The number of hydrogen-bond donors (Lipinski definition) is 2. The highest BCUT2D eigenvalue weighted by Gasteiger charge is 1.98. The third-order valence-electron chi connectivity index (χ3n) is 1.62. The Morgan fingerprint density at radius 2 is 2.38 bits per heavy atom. The molecular weight excluding hydrogens is 170 g/mol. The van der Waals surface area contributed by atoms with Crippen LogP contribution < -0.4 is 10.2 Å². The van der Waals surface area contributed by atoms with Crippen molar-refractivity contribution < 1.29 is 9.84 Å². The minimum absolute atomic E-state index is 0.289. The van der Waals surface area contributed by atoms with Gasteiger partial charge >= 0.3 is 0 Å². The molecule has 0 fully saturated rings. The maximum atomic E-state index is 10.9. The number of nitrogens with one attached hydrogen (secondary N) is 1. The summed E-state index contributed by atoms with van der Waals surface area (Å²) in [5.41, 5.74) is -0.426. The molecule has 1 aromatic heterocycles. The molecule has 1 aromatic rings. The molecule has 2 N–H and O–H groups in total. The van der Waals surface area contributed by atoms with Gasteiger partial charge in [-0.1, -0.05) is 13.3 Å². The van der Waals surface area contributed by atoms with Crippen LogP contribution in [0, 0.1) is 0 Å². The summed E-state index contributed by atoms with van der Waals surface area (Å²) in [6.07, 6.45) is 3.22. The van der Waals surface area contributed by atoms with Gasteiger partial charge in [0.25, 0.3) is 0 Å². The molecule has 0 amide bonds. The second kappa shape index (κ2) is 4.54. The van der Waals surface area contributed by atoms with Gasteiger partial charge in [-0.2, -0.15) is 0 Å². The highest BCUT2D eigenvalue weighted by Crippen LogP contribution is 2.06. The van der Waals surface area contributed by atoms with Gasteiger partial charge in [0.15, 0.2) is 11.6 Å². The number of aromatic hydroxyl groups is 1. The van der Waals surface area contributed by atoms with Crippen LogP contribution in [0.2, 0.25) is 0 Å². The van der Waals surface area contributed by atoms with Crippen LogP contribution in [-0.4, -0.2) is 16.7 Å². The second-order valence-corrected chi connectivity index (χ2v) is 2.75. The van der Waals surface area contributed by atoms with Crippen molar-refractivity contribution in [3.8, 4) is 11.6 Å². The Morgan fingerprint density at radius 3 is 3.00 bits per heavy atom. The summed E-state index contributed by atoms with van der Waals surface area (Å²) in [7, 11) is 0. The van der Waals surface area contributed by atoms with E-state index in [9.17, 15) is 4.79 Å². The zero-order valence-corrected chi connectivity index (χ0v) is 7.54. The molecule has 0 unspecified atom stereocenters. The van der Waals surface area contributed by atoms with E-state index in [1.54, 1.807) is 0 Å². The monoisotopic (exact) mass is 183 g/mol. The van der Waals surface area contributed by atoms with Crippen LogP contribution in [0.25, 0.3) is 0 Å². The van der Waals surface area contributed by atoms with Crippen molar-refractivity contribution in [2.24, 2.45) is 0 Å². The van der Waals surface area contributed by atoms with Crippen LogP contribution in [0.1, 0.15) is 19.8 Å². The largest absolute Gasteiger partial charge is 0.503 e. The fourth-order valence-electron chi connectivity index (χ4n) is 0.855. The predicted molar refractivity (Wildman–Crippen MR) is 49.1 cm³/mol. The van der Waals surface area contributed by atoms with Crippen LogP contribution in [0.5, 0.6) is 11.6 Å². The molecule has 0 bridgehead atoms. The van der Waals surface area contributed by atoms with Gasteiger partial charge in [0.05, 0.1) is 6.61 Å². The SMILES string of the molecule is CCCCOc1cc(=O)c(O)c[nH]1. The first-order valence-electron chi connectivity index (χ1n) is 4.28. The van der Waals surface area contributed by atoms with E-state index in [4.69, 9.17) is 9.84 Å². The molecule has 0 atom stereocenters. The Kier molecular flexibility index (Phi) is 3.37. The first kappa shape index (κ1) is 9.64. The molecule has 0 radical (unpaired) electrons. The van der Waals surface area contributed by atoms with E-state index in [0.717, 1.165) is 12.8 Å². The van der Waals surface area contributed by atoms with Crippen LogP contribution in [0.15, 0.2) is 17.1 Å². The van der Waals surface area contributed by atoms with Gasteiger partial charge in [-0.25, -0.2) is 0 Å². The van der Waals surface area contributed by atoms with E-state index in [1.807, 2.05) is 0 Å². The summed E-state index contributed by atoms with van der Waals surface area (Å²) in [6, 6.07) is 1.24. The lowest BCUT2D eigenvalue weighted by Gasteiger charge is -2.03. The van der Waals surface area contributed by atoms with Gasteiger partial charge in [0.2, 0.25) is 5.43 Å². The van der Waals surface area contributed by atoms with Crippen molar-refractivity contribution >= 4 is 0 Å². The smallest absolute Gasteiger partial charge is 0.226 e. The van der Waals surface area contributed by atoms with E-state index < -0.39 is 5.43 Å². The van der Waals surface area contributed by atoms with Crippen molar-refractivity contribution in [1.82, 2.24) is 4.98 Å². The van der Waals surface area contributed by atoms with Gasteiger partial charge < -0.3 is 14.8 Å². The number of hydrogen-bond acceptors (Lipinski definition) is 3. The molecule has 0 aliphatic carbocycles. The Hall–Kier alpha value is -1.45. The lowest BCUT2D eigenvalue weighted by Crippen LogP contribution is -2.04. The predicted octanol–water partition coefficient (Wildman–Crippen LogP) is 1.26. The third-order valence-corrected chi connectivity index (χ3v) is 1.62. The number of ether oxygens (including phenoxy) is 1. The van der Waals surface area contributed by atoms with Gasteiger partial charge in [-0.05, 0) is 6.42 Å². The average Bonchev–Trinajstić information content (AvgIpc) is 2.12. The molecule has 72 valence electrons. The molecule has 1 rings (SSSR count). The molecule has 0 saturated carbocycles. The molecule has 0 aromatic carbocycles. The molecule has 0 saturated heterocycles. The van der Waals surface area contributed by atoms with Crippen LogP contribution in [-0.2, 0) is 0 Å². The summed E-state index contributed by atoms with van der Waals surface area (Å²) in [4.78, 5) is 13.6. The fraction of sp³-hybridized carbons (Fsp3) is 0.444. The Labute approximate surface area is 76.2 Å². The maximum Gasteiger partial charge on any atom is 0.226 e. The zero-order chi connectivity index (χ0) is 9.68. The molecule has 1 heterocycles. The Balaban J connectivity index is 2.58. The lowest BCUT2D eigenvalue weighted by molar-refractivity contribution is 0.296. The summed E-state index contributed by atoms with van der Waals surface area (Å²) in [6.45, 7) is 2.64. The highest BCUT2D eigenvalue weighted by molar-refractivity contribution is 5.21. The Bertz CT molecular complexity index is 319. The molecular formula is C9H13NO3. The molecule has 0 spiro atoms. The maximum absolute atomic E-state index is 10.9. The lowest BCUT2D eigenvalue weighted by atomic mass is 10.4. The number of H-pyrrole nitrogens is 1. The van der Waals surface area contributed by atoms with Crippen LogP contribution in [0.4, 0.5) is 0 Å². The highest BCUT2D eigenvalue weighted by atomic mass is 16.5. The van der Waals surface area contributed by atoms with Gasteiger partial charge in [0.1, 0.15) is 0 Å². The van der Waals surface area contributed by atoms with Gasteiger partial charge in [0, 0.05) is 12.3 Å². The second-order valence-electron chi connectivity index (χ2n) is 2.75. The molecule has 0 aliphatic rings. The third kappa shape index (κ3) is 2.82. The zero-order valence-electron chi connectivity index (χ0n) is 7.54. The van der Waals surface area contributed by atoms with E-state index >= 15 is 0 Å². The van der Waals surface area contributed by atoms with Crippen molar-refractivity contribution in [2.75, 3.05) is 6.61 Å². The standard InChI is InChI=1S/C9H13NO3/c1-2-3-4-13-9-5-7(11)8(12)6-10-9/h5-6,12H,2-4H2,1H3,(H,10,11). The summed E-state index contributed by atoms with van der Waals surface area (Å²) < 4.78 is 5.22. The number of aromatic amines is 1. The minimum Gasteiger partial charge on any atom is -0.503 e. The fourth-order valence-corrected chi connectivity index (χ4v) is 0.855. The van der Waals surface area contributed by atoms with Crippen molar-refractivity contribution in [2.45, 2.75) is 19.8 Å². The van der Waals surface area contributed by atoms with E-state index in [2.05, 4.69) is 11.9 Å². The molecule has 0 aliphatic heterocycles. The summed E-state index contributed by atoms with van der Waals surface area (Å²) in [5, 5.41) is 8.92. The molecule has 4 heteroatoms. The van der Waals surface area contributed by atoms with Crippen LogP contribution >= 0.6 is 0 Å². The first-order chi connectivity index (χ1) is 6.24. The van der Waals surface area contributed by atoms with Gasteiger partial charge in [-0.3, -0.25) is 4.79 Å². The number of pyridine rings is 1. The summed E-state index contributed by atoms with van der Waals surface area (Å²) in [5.74, 6) is 0.110. The van der Waals surface area contributed by atoms with Crippen LogP contribution in [0.3, 0.4) is 0 Å². The van der Waals surface area contributed by atoms with Crippen molar-refractivity contribution in [3.63, 3.8) is 0 Å². The number of aromatic nitrogens is 1. The molecule has 13 heavy (non-hydrogen) atoms. The van der Waals surface area contributed by atoms with E-state index in [1.165, 1.54) is 12.3 Å². The normalized spacial score (nSPS) is 9.92. The Morgan fingerprint density at radius 1 is 1.62 bits per heavy atom. The van der Waals surface area contributed by atoms with Crippen molar-refractivity contribution in [3.05, 3.63) is 22.5 Å². The van der Waals surface area contributed by atoms with E-state index in [-0.39, 0.29) is 5.75 Å². The first-order valence-corrected chi connectivity index (χ1v) is 4.28. The minimum atomic E-state index is -0.426. The topological polar surface area (TPSA) is 62.3 Å². The number of rotatable bonds is 4. The average molecular weight is 183 g/mol. The number of unbranched alkanes of at least 4 members (excludes halogenated alkanes) is 1. The molecule has 4 nitrogen and oxygen atoms in total. The van der Waals surface area contributed by atoms with Crippen molar-refractivity contribution in [1.29, 1.82) is 0 Å².